The standard InChI is InChI=1S/C31H42N8O5/c1-31(2,3)44-30(43)37-14-8-9-20(18-37)19-38(29(41)42)23-12-13-25(32-17-23)34-28-33-16-21-15-24(27(40)36(4)5)39(26(21)35-28)22-10-6-7-11-22/h12-13,15-17,20,22H,6-11,14,18-19H2,1-5H3,(H,41,42)(H,32,33,34,35)/t20-/m0/s1. The van der Waals surface area contributed by atoms with Gasteiger partial charge in [-0.15, -0.1) is 0 Å². The number of hydrogen-bond donors (Lipinski definition) is 2. The number of carbonyl (C=O) groups is 3. The van der Waals surface area contributed by atoms with E-state index in [-0.39, 0.29) is 30.5 Å². The summed E-state index contributed by atoms with van der Waals surface area (Å²) >= 11 is 0. The minimum absolute atomic E-state index is 0.0364. The number of likely N-dealkylation sites (tertiary alicyclic amines) is 1. The molecule has 1 atom stereocenters. The number of pyridine rings is 1. The van der Waals surface area contributed by atoms with E-state index < -0.39 is 11.7 Å². The lowest BCUT2D eigenvalue weighted by Gasteiger charge is -2.35. The van der Waals surface area contributed by atoms with Crippen molar-refractivity contribution >= 4 is 46.6 Å². The topological polar surface area (TPSA) is 146 Å². The molecular formula is C31H42N8O5. The van der Waals surface area contributed by atoms with Gasteiger partial charge in [0.1, 0.15) is 22.8 Å². The van der Waals surface area contributed by atoms with Gasteiger partial charge in [0.2, 0.25) is 5.95 Å². The lowest BCUT2D eigenvalue weighted by Crippen LogP contribution is -2.46. The summed E-state index contributed by atoms with van der Waals surface area (Å²) in [5.74, 6) is 0.676. The third-order valence-corrected chi connectivity index (χ3v) is 8.03. The van der Waals surface area contributed by atoms with Crippen molar-refractivity contribution in [3.05, 3.63) is 36.3 Å². The third-order valence-electron chi connectivity index (χ3n) is 8.03. The second kappa shape index (κ2) is 12.7. The Morgan fingerprint density at radius 1 is 1.07 bits per heavy atom. The Morgan fingerprint density at radius 2 is 1.82 bits per heavy atom. The highest BCUT2D eigenvalue weighted by Gasteiger charge is 2.30. The Morgan fingerprint density at radius 3 is 2.45 bits per heavy atom. The minimum Gasteiger partial charge on any atom is -0.465 e. The van der Waals surface area contributed by atoms with E-state index in [0.29, 0.717) is 41.9 Å². The number of hydrogen-bond acceptors (Lipinski definition) is 8. The van der Waals surface area contributed by atoms with Crippen molar-refractivity contribution in [1.29, 1.82) is 0 Å². The molecule has 0 radical (unpaired) electrons. The summed E-state index contributed by atoms with van der Waals surface area (Å²) in [4.78, 5) is 56.0. The minimum atomic E-state index is -1.09. The molecule has 4 heterocycles. The van der Waals surface area contributed by atoms with Crippen molar-refractivity contribution in [3.63, 3.8) is 0 Å². The molecule has 236 valence electrons. The van der Waals surface area contributed by atoms with E-state index in [1.807, 2.05) is 31.4 Å². The molecule has 5 rings (SSSR count). The summed E-state index contributed by atoms with van der Waals surface area (Å²) in [5, 5.41) is 13.9. The number of nitrogens with zero attached hydrogens (tertiary/aromatic N) is 7. The van der Waals surface area contributed by atoms with Crippen LogP contribution in [0.2, 0.25) is 0 Å². The van der Waals surface area contributed by atoms with Crippen molar-refractivity contribution in [3.8, 4) is 0 Å². The summed E-state index contributed by atoms with van der Waals surface area (Å²) < 4.78 is 7.56. The molecule has 2 N–H and O–H groups in total. The summed E-state index contributed by atoms with van der Waals surface area (Å²) in [6.45, 7) is 6.73. The number of rotatable bonds is 7. The van der Waals surface area contributed by atoms with Gasteiger partial charge in [0.15, 0.2) is 0 Å². The molecule has 1 saturated carbocycles. The number of nitrogens with one attached hydrogen (secondary N) is 1. The van der Waals surface area contributed by atoms with Crippen molar-refractivity contribution in [2.45, 2.75) is 70.9 Å². The van der Waals surface area contributed by atoms with Gasteiger partial charge in [-0.1, -0.05) is 12.8 Å². The van der Waals surface area contributed by atoms with E-state index in [2.05, 4.69) is 15.3 Å². The highest BCUT2D eigenvalue weighted by atomic mass is 16.6. The van der Waals surface area contributed by atoms with Gasteiger partial charge in [0.05, 0.1) is 11.9 Å². The van der Waals surface area contributed by atoms with Crippen molar-refractivity contribution in [1.82, 2.24) is 29.3 Å². The Labute approximate surface area is 257 Å². The van der Waals surface area contributed by atoms with E-state index in [1.54, 1.807) is 42.2 Å². The average Bonchev–Trinajstić information content (AvgIpc) is 3.63. The highest BCUT2D eigenvalue weighted by Crippen LogP contribution is 2.35. The molecule has 1 aliphatic carbocycles. The number of aromatic nitrogens is 4. The van der Waals surface area contributed by atoms with Crippen LogP contribution in [-0.2, 0) is 4.74 Å². The van der Waals surface area contributed by atoms with Crippen molar-refractivity contribution in [2.75, 3.05) is 43.9 Å². The predicted octanol–water partition coefficient (Wildman–Crippen LogP) is 5.52. The molecule has 3 aromatic rings. The number of anilines is 3. The van der Waals surface area contributed by atoms with Gasteiger partial charge in [0, 0.05) is 51.4 Å². The fourth-order valence-electron chi connectivity index (χ4n) is 5.99. The van der Waals surface area contributed by atoms with Crippen molar-refractivity contribution in [2.24, 2.45) is 5.92 Å². The van der Waals surface area contributed by atoms with Crippen LogP contribution in [0.3, 0.4) is 0 Å². The molecule has 0 aromatic carbocycles. The van der Waals surface area contributed by atoms with Crippen LogP contribution in [0, 0.1) is 5.92 Å². The lowest BCUT2D eigenvalue weighted by molar-refractivity contribution is 0.0170. The van der Waals surface area contributed by atoms with Crippen LogP contribution < -0.4 is 10.2 Å². The first-order valence-corrected chi connectivity index (χ1v) is 15.2. The molecule has 0 bridgehead atoms. The van der Waals surface area contributed by atoms with Crippen LogP contribution in [0.1, 0.15) is 75.8 Å². The van der Waals surface area contributed by atoms with Gasteiger partial charge in [-0.05, 0) is 70.6 Å². The average molecular weight is 607 g/mol. The summed E-state index contributed by atoms with van der Waals surface area (Å²) in [6.07, 6.45) is 7.53. The molecule has 1 aliphatic heterocycles. The van der Waals surface area contributed by atoms with Crippen LogP contribution in [0.4, 0.5) is 27.0 Å². The summed E-state index contributed by atoms with van der Waals surface area (Å²) in [5.41, 5.74) is 1.13. The molecule has 3 aromatic heterocycles. The van der Waals surface area contributed by atoms with Gasteiger partial charge < -0.3 is 29.5 Å². The smallest absolute Gasteiger partial charge is 0.411 e. The zero-order valence-electron chi connectivity index (χ0n) is 26.1. The fourth-order valence-corrected chi connectivity index (χ4v) is 5.99. The van der Waals surface area contributed by atoms with Crippen LogP contribution in [0.25, 0.3) is 11.0 Å². The Balaban J connectivity index is 1.30. The highest BCUT2D eigenvalue weighted by molar-refractivity contribution is 5.98. The predicted molar refractivity (Wildman–Crippen MR) is 166 cm³/mol. The molecule has 2 fully saturated rings. The number of fused-ring (bicyclic) bond motifs is 1. The maximum absolute atomic E-state index is 13.0. The molecule has 13 heteroatoms. The molecule has 1 saturated heterocycles. The van der Waals surface area contributed by atoms with Crippen molar-refractivity contribution < 1.29 is 24.2 Å². The maximum atomic E-state index is 13.0. The normalized spacial score (nSPS) is 17.5. The molecule has 3 amide bonds. The second-order valence-corrected chi connectivity index (χ2v) is 12.9. The third kappa shape index (κ3) is 7.03. The molecule has 44 heavy (non-hydrogen) atoms. The summed E-state index contributed by atoms with van der Waals surface area (Å²) in [6, 6.07) is 5.43. The van der Waals surface area contributed by atoms with Crippen LogP contribution in [-0.4, -0.2) is 91.8 Å². The largest absolute Gasteiger partial charge is 0.465 e. The van der Waals surface area contributed by atoms with E-state index in [4.69, 9.17) is 9.72 Å². The van der Waals surface area contributed by atoms with Gasteiger partial charge in [-0.25, -0.2) is 19.6 Å². The fraction of sp³-hybridized carbons (Fsp3) is 0.548. The van der Waals surface area contributed by atoms with Gasteiger partial charge >= 0.3 is 12.2 Å². The van der Waals surface area contributed by atoms with Crippen LogP contribution in [0.15, 0.2) is 30.6 Å². The number of piperidine rings is 1. The first-order chi connectivity index (χ1) is 20.9. The van der Waals surface area contributed by atoms with E-state index in [1.165, 1.54) is 11.1 Å². The Hall–Kier alpha value is -4.42. The SMILES string of the molecule is CN(C)C(=O)c1cc2cnc(Nc3ccc(N(C[C@H]4CCCN(C(=O)OC(C)(C)C)C4)C(=O)O)cn3)nc2n1C1CCCC1. The second-order valence-electron chi connectivity index (χ2n) is 12.9. The van der Waals surface area contributed by atoms with E-state index >= 15 is 0 Å². The lowest BCUT2D eigenvalue weighted by atomic mass is 9.97. The Kier molecular flexibility index (Phi) is 8.93. The van der Waals surface area contributed by atoms with Gasteiger partial charge in [-0.2, -0.15) is 4.98 Å². The molecular weight excluding hydrogens is 564 g/mol. The summed E-state index contributed by atoms with van der Waals surface area (Å²) in [7, 11) is 3.48. The Bertz CT molecular complexity index is 1510. The molecule has 13 nitrogen and oxygen atoms in total. The zero-order valence-corrected chi connectivity index (χ0v) is 26.1. The zero-order chi connectivity index (χ0) is 31.6. The molecule has 2 aliphatic rings. The van der Waals surface area contributed by atoms with Crippen LogP contribution in [0.5, 0.6) is 0 Å². The monoisotopic (exact) mass is 606 g/mol. The van der Waals surface area contributed by atoms with E-state index in [9.17, 15) is 19.5 Å². The number of carbonyl (C=O) groups excluding carboxylic acids is 2. The maximum Gasteiger partial charge on any atom is 0.411 e. The van der Waals surface area contributed by atoms with Gasteiger partial charge in [-0.3, -0.25) is 9.69 Å². The molecule has 0 unspecified atom stereocenters. The first kappa shape index (κ1) is 31.0. The quantitative estimate of drug-likeness (QED) is 0.355. The van der Waals surface area contributed by atoms with E-state index in [0.717, 1.165) is 43.9 Å². The van der Waals surface area contributed by atoms with Crippen LogP contribution >= 0.6 is 0 Å². The molecule has 0 spiro atoms. The number of amides is 3. The number of ether oxygens (including phenoxy) is 1. The first-order valence-electron chi connectivity index (χ1n) is 15.2. The van der Waals surface area contributed by atoms with Gasteiger partial charge in [0.25, 0.3) is 5.91 Å². The number of carboxylic acid groups (broad SMARTS) is 1.